The molecule has 0 saturated carbocycles. The Morgan fingerprint density at radius 2 is 2.18 bits per heavy atom. The molecule has 0 atom stereocenters. The van der Waals surface area contributed by atoms with E-state index in [9.17, 15) is 0 Å². The lowest BCUT2D eigenvalue weighted by molar-refractivity contribution is 0.844. The van der Waals surface area contributed by atoms with Gasteiger partial charge in [0.15, 0.2) is 0 Å². The van der Waals surface area contributed by atoms with Gasteiger partial charge < -0.3 is 5.73 Å². The third kappa shape index (κ3) is 2.82. The van der Waals surface area contributed by atoms with Crippen LogP contribution in [0.4, 0.5) is 5.82 Å². The van der Waals surface area contributed by atoms with E-state index in [1.165, 1.54) is 5.56 Å². The molecule has 0 aliphatic rings. The summed E-state index contributed by atoms with van der Waals surface area (Å²) in [5.74, 6) is 1.76. The molecule has 90 valence electrons. The molecule has 0 aliphatic heterocycles. The zero-order valence-electron chi connectivity index (χ0n) is 10.2. The van der Waals surface area contributed by atoms with Crippen molar-refractivity contribution >= 4 is 17.6 Å². The van der Waals surface area contributed by atoms with Gasteiger partial charge >= 0.3 is 0 Å². The second-order valence-electron chi connectivity index (χ2n) is 4.01. The molecule has 0 bridgehead atoms. The Morgan fingerprint density at radius 3 is 2.88 bits per heavy atom. The first-order chi connectivity index (χ1) is 8.20. The highest BCUT2D eigenvalue weighted by Gasteiger charge is 2.06. The molecule has 0 fully saturated rings. The Balaban J connectivity index is 2.29. The number of aryl methyl sites for hydroxylation is 1. The van der Waals surface area contributed by atoms with Crippen molar-refractivity contribution in [3.63, 3.8) is 0 Å². The van der Waals surface area contributed by atoms with E-state index in [1.807, 2.05) is 18.2 Å². The van der Waals surface area contributed by atoms with Crippen LogP contribution in [0.2, 0.25) is 0 Å². The highest BCUT2D eigenvalue weighted by molar-refractivity contribution is 7.99. The van der Waals surface area contributed by atoms with Gasteiger partial charge in [0.1, 0.15) is 10.8 Å². The minimum absolute atomic E-state index is 0.689. The Morgan fingerprint density at radius 1 is 1.35 bits per heavy atom. The number of rotatable bonds is 4. The van der Waals surface area contributed by atoms with Gasteiger partial charge in [-0.1, -0.05) is 19.1 Å². The summed E-state index contributed by atoms with van der Waals surface area (Å²) in [6.45, 7) is 4.23. The number of nitrogens with two attached hydrogens (primary N) is 1. The number of aromatic nitrogens is 2. The summed E-state index contributed by atoms with van der Waals surface area (Å²) in [4.78, 5) is 0. The van der Waals surface area contributed by atoms with Crippen LogP contribution < -0.4 is 5.73 Å². The molecule has 4 heteroatoms. The van der Waals surface area contributed by atoms with Crippen LogP contribution in [-0.4, -0.2) is 15.5 Å². The number of anilines is 1. The zero-order chi connectivity index (χ0) is 12.3. The van der Waals surface area contributed by atoms with Crippen molar-refractivity contribution in [3.8, 4) is 5.69 Å². The van der Waals surface area contributed by atoms with Crippen LogP contribution in [0.15, 0.2) is 35.4 Å². The quantitative estimate of drug-likeness (QED) is 0.843. The smallest absolute Gasteiger partial charge is 0.128 e. The lowest BCUT2D eigenvalue weighted by Crippen LogP contribution is -2.01. The number of benzene rings is 1. The van der Waals surface area contributed by atoms with E-state index in [-0.39, 0.29) is 0 Å². The Hall–Kier alpha value is -1.42. The van der Waals surface area contributed by atoms with Crippen molar-refractivity contribution in [3.05, 3.63) is 35.9 Å². The Bertz CT molecular complexity index is 505. The standard InChI is InChI=1S/C13H17N3S/c1-3-7-17-13-9-12(14)16(15-13)11-6-4-5-10(2)8-11/h4-6,8-9H,3,7,14H2,1-2H3. The van der Waals surface area contributed by atoms with Gasteiger partial charge in [0.05, 0.1) is 5.69 Å². The second kappa shape index (κ2) is 5.27. The Labute approximate surface area is 106 Å². The maximum Gasteiger partial charge on any atom is 0.128 e. The number of hydrogen-bond donors (Lipinski definition) is 1. The summed E-state index contributed by atoms with van der Waals surface area (Å²) < 4.78 is 1.80. The van der Waals surface area contributed by atoms with Gasteiger partial charge in [-0.3, -0.25) is 0 Å². The third-order valence-electron chi connectivity index (χ3n) is 2.41. The van der Waals surface area contributed by atoms with Crippen LogP contribution in [0.1, 0.15) is 18.9 Å². The number of nitrogens with zero attached hydrogens (tertiary/aromatic N) is 2. The van der Waals surface area contributed by atoms with Crippen molar-refractivity contribution in [1.29, 1.82) is 0 Å². The largest absolute Gasteiger partial charge is 0.384 e. The molecule has 0 unspecified atom stereocenters. The van der Waals surface area contributed by atoms with Gasteiger partial charge in [0.25, 0.3) is 0 Å². The van der Waals surface area contributed by atoms with Crippen LogP contribution in [0.3, 0.4) is 0 Å². The first-order valence-corrected chi connectivity index (χ1v) is 6.74. The molecule has 2 aromatic rings. The Kier molecular flexibility index (Phi) is 3.74. The highest BCUT2D eigenvalue weighted by atomic mass is 32.2. The molecule has 1 heterocycles. The zero-order valence-corrected chi connectivity index (χ0v) is 11.0. The fourth-order valence-corrected chi connectivity index (χ4v) is 2.37. The number of hydrogen-bond acceptors (Lipinski definition) is 3. The normalized spacial score (nSPS) is 10.7. The second-order valence-corrected chi connectivity index (χ2v) is 5.12. The lowest BCUT2D eigenvalue weighted by atomic mass is 10.2. The third-order valence-corrected chi connectivity index (χ3v) is 3.52. The number of nitrogen functional groups attached to an aromatic ring is 1. The molecule has 0 radical (unpaired) electrons. The molecule has 0 amide bonds. The van der Waals surface area contributed by atoms with Crippen molar-refractivity contribution in [2.24, 2.45) is 0 Å². The van der Waals surface area contributed by atoms with Gasteiger partial charge in [-0.2, -0.15) is 5.10 Å². The van der Waals surface area contributed by atoms with Gasteiger partial charge in [0.2, 0.25) is 0 Å². The van der Waals surface area contributed by atoms with Crippen LogP contribution >= 0.6 is 11.8 Å². The number of thioether (sulfide) groups is 1. The predicted molar refractivity (Wildman–Crippen MR) is 73.7 cm³/mol. The van der Waals surface area contributed by atoms with E-state index in [1.54, 1.807) is 16.4 Å². The van der Waals surface area contributed by atoms with Crippen molar-refractivity contribution in [2.75, 3.05) is 11.5 Å². The van der Waals surface area contributed by atoms with E-state index >= 15 is 0 Å². The molecule has 3 nitrogen and oxygen atoms in total. The summed E-state index contributed by atoms with van der Waals surface area (Å²) in [6.07, 6.45) is 1.14. The topological polar surface area (TPSA) is 43.8 Å². The minimum Gasteiger partial charge on any atom is -0.384 e. The molecule has 17 heavy (non-hydrogen) atoms. The maximum absolute atomic E-state index is 5.98. The molecule has 0 saturated heterocycles. The van der Waals surface area contributed by atoms with Crippen molar-refractivity contribution in [1.82, 2.24) is 9.78 Å². The van der Waals surface area contributed by atoms with Gasteiger partial charge in [-0.25, -0.2) is 4.68 Å². The molecular weight excluding hydrogens is 230 g/mol. The maximum atomic E-state index is 5.98. The highest BCUT2D eigenvalue weighted by Crippen LogP contribution is 2.22. The summed E-state index contributed by atoms with van der Waals surface area (Å²) in [5.41, 5.74) is 8.21. The summed E-state index contributed by atoms with van der Waals surface area (Å²) in [6, 6.07) is 10.1. The first kappa shape index (κ1) is 12.0. The predicted octanol–water partition coefficient (Wildman–Crippen LogP) is 3.27. The van der Waals surface area contributed by atoms with E-state index in [0.717, 1.165) is 22.9 Å². The molecule has 0 aliphatic carbocycles. The van der Waals surface area contributed by atoms with Crippen molar-refractivity contribution in [2.45, 2.75) is 25.3 Å². The summed E-state index contributed by atoms with van der Waals surface area (Å²) in [5, 5.41) is 5.50. The van der Waals surface area contributed by atoms with Crippen LogP contribution in [0.5, 0.6) is 0 Å². The van der Waals surface area contributed by atoms with E-state index in [0.29, 0.717) is 5.82 Å². The van der Waals surface area contributed by atoms with Gasteiger partial charge in [-0.05, 0) is 36.8 Å². The lowest BCUT2D eigenvalue weighted by Gasteiger charge is -2.04. The first-order valence-electron chi connectivity index (χ1n) is 5.76. The van der Waals surface area contributed by atoms with Crippen LogP contribution in [0, 0.1) is 6.92 Å². The van der Waals surface area contributed by atoms with Gasteiger partial charge in [0, 0.05) is 6.07 Å². The monoisotopic (exact) mass is 247 g/mol. The van der Waals surface area contributed by atoms with E-state index in [2.05, 4.69) is 31.1 Å². The van der Waals surface area contributed by atoms with E-state index < -0.39 is 0 Å². The van der Waals surface area contributed by atoms with Crippen molar-refractivity contribution < 1.29 is 0 Å². The van der Waals surface area contributed by atoms with Crippen LogP contribution in [-0.2, 0) is 0 Å². The molecule has 1 aromatic heterocycles. The average molecular weight is 247 g/mol. The molecular formula is C13H17N3S. The summed E-state index contributed by atoms with van der Waals surface area (Å²) >= 11 is 1.74. The van der Waals surface area contributed by atoms with E-state index in [4.69, 9.17) is 5.73 Å². The fourth-order valence-electron chi connectivity index (χ4n) is 1.62. The molecule has 1 aromatic carbocycles. The molecule has 2 N–H and O–H groups in total. The SMILES string of the molecule is CCCSc1cc(N)n(-c2cccc(C)c2)n1. The molecule has 2 rings (SSSR count). The summed E-state index contributed by atoms with van der Waals surface area (Å²) in [7, 11) is 0. The average Bonchev–Trinajstić information content (AvgIpc) is 2.68. The molecule has 0 spiro atoms. The fraction of sp³-hybridized carbons (Fsp3) is 0.308. The minimum atomic E-state index is 0.689. The van der Waals surface area contributed by atoms with Gasteiger partial charge in [-0.15, -0.1) is 11.8 Å². The van der Waals surface area contributed by atoms with Crippen LogP contribution in [0.25, 0.3) is 5.69 Å².